The highest BCUT2D eigenvalue weighted by molar-refractivity contribution is 5.97. The number of nitrogen functional groups attached to an aromatic ring is 1. The van der Waals surface area contributed by atoms with Gasteiger partial charge in [0.15, 0.2) is 0 Å². The van der Waals surface area contributed by atoms with Crippen molar-refractivity contribution in [3.05, 3.63) is 48.0 Å². The topological polar surface area (TPSA) is 67.6 Å². The number of nitrogens with two attached hydrogens (primary N) is 1. The molecule has 0 aliphatic carbocycles. The maximum absolute atomic E-state index is 12.6. The quantitative estimate of drug-likeness (QED) is 0.848. The van der Waals surface area contributed by atoms with Crippen LogP contribution in [-0.4, -0.2) is 25.6 Å². The normalized spacial score (nSPS) is 14.7. The molecule has 0 spiro atoms. The molecule has 0 aromatic heterocycles. The number of nitrogens with one attached hydrogen (secondary N) is 1. The lowest BCUT2D eigenvalue weighted by molar-refractivity contribution is -0.117. The van der Waals surface area contributed by atoms with E-state index in [-0.39, 0.29) is 11.9 Å². The largest absolute Gasteiger partial charge is 0.497 e. The Bertz CT molecular complexity index is 728. The Labute approximate surface area is 142 Å². The highest BCUT2D eigenvalue weighted by Gasteiger charge is 2.26. The number of carbonyl (C=O) groups is 1. The fraction of sp³-hybridized carbons (Fsp3) is 0.316. The molecule has 0 saturated carbocycles. The smallest absolute Gasteiger partial charge is 0.246 e. The summed E-state index contributed by atoms with van der Waals surface area (Å²) in [6.07, 6.45) is 1.96. The number of amides is 1. The summed E-state index contributed by atoms with van der Waals surface area (Å²) in [4.78, 5) is 14.8. The molecule has 1 unspecified atom stereocenters. The van der Waals surface area contributed by atoms with Crippen molar-refractivity contribution < 1.29 is 9.53 Å². The standard InChI is InChI=1S/C19H23N3O2/c1-13(19(23)21-14-8-10-15(24-2)11-9-14)22-12-4-5-16-17(20)6-3-7-18(16)22/h3,6-11,13H,4-5,12,20H2,1-2H3,(H,21,23). The highest BCUT2D eigenvalue weighted by atomic mass is 16.5. The minimum atomic E-state index is -0.270. The molecule has 0 bridgehead atoms. The van der Waals surface area contributed by atoms with Gasteiger partial charge < -0.3 is 20.7 Å². The van der Waals surface area contributed by atoms with Gasteiger partial charge in [-0.25, -0.2) is 0 Å². The Balaban J connectivity index is 1.75. The van der Waals surface area contributed by atoms with E-state index in [1.54, 1.807) is 7.11 Å². The number of fused-ring (bicyclic) bond motifs is 1. The fourth-order valence-corrected chi connectivity index (χ4v) is 3.14. The van der Waals surface area contributed by atoms with Crippen LogP contribution >= 0.6 is 0 Å². The van der Waals surface area contributed by atoms with Crippen molar-refractivity contribution in [2.75, 3.05) is 29.6 Å². The summed E-state index contributed by atoms with van der Waals surface area (Å²) in [6, 6.07) is 13.0. The van der Waals surface area contributed by atoms with Crippen molar-refractivity contribution in [3.63, 3.8) is 0 Å². The molecule has 5 nitrogen and oxygen atoms in total. The second kappa shape index (κ2) is 6.83. The molecule has 0 fully saturated rings. The number of hydrogen-bond donors (Lipinski definition) is 2. The molecule has 1 aliphatic rings. The van der Waals surface area contributed by atoms with Gasteiger partial charge in [0.05, 0.1) is 7.11 Å². The van der Waals surface area contributed by atoms with Gasteiger partial charge >= 0.3 is 0 Å². The van der Waals surface area contributed by atoms with Crippen LogP contribution < -0.4 is 20.7 Å². The number of rotatable bonds is 4. The van der Waals surface area contributed by atoms with Crippen LogP contribution in [0.4, 0.5) is 17.1 Å². The van der Waals surface area contributed by atoms with Gasteiger partial charge in [0.2, 0.25) is 5.91 Å². The van der Waals surface area contributed by atoms with Crippen LogP contribution in [0.5, 0.6) is 5.75 Å². The fourth-order valence-electron chi connectivity index (χ4n) is 3.14. The third-order valence-electron chi connectivity index (χ3n) is 4.53. The highest BCUT2D eigenvalue weighted by Crippen LogP contribution is 2.32. The monoisotopic (exact) mass is 325 g/mol. The minimum Gasteiger partial charge on any atom is -0.497 e. The van der Waals surface area contributed by atoms with E-state index in [1.165, 1.54) is 0 Å². The SMILES string of the molecule is COc1ccc(NC(=O)C(C)N2CCCc3c(N)cccc32)cc1. The van der Waals surface area contributed by atoms with Gasteiger partial charge in [-0.2, -0.15) is 0 Å². The van der Waals surface area contributed by atoms with Crippen LogP contribution in [0, 0.1) is 0 Å². The lowest BCUT2D eigenvalue weighted by Crippen LogP contribution is -2.44. The minimum absolute atomic E-state index is 0.0320. The van der Waals surface area contributed by atoms with Crippen LogP contribution in [0.3, 0.4) is 0 Å². The van der Waals surface area contributed by atoms with E-state index in [1.807, 2.05) is 49.4 Å². The van der Waals surface area contributed by atoms with E-state index in [4.69, 9.17) is 10.5 Å². The molecule has 2 aromatic rings. The molecule has 24 heavy (non-hydrogen) atoms. The number of methoxy groups -OCH3 is 1. The Morgan fingerprint density at radius 3 is 2.71 bits per heavy atom. The van der Waals surface area contributed by atoms with Crippen LogP contribution in [-0.2, 0) is 11.2 Å². The Morgan fingerprint density at radius 1 is 1.25 bits per heavy atom. The zero-order valence-corrected chi connectivity index (χ0v) is 14.1. The third-order valence-corrected chi connectivity index (χ3v) is 4.53. The molecule has 126 valence electrons. The number of benzene rings is 2. The molecule has 0 radical (unpaired) electrons. The van der Waals surface area contributed by atoms with Crippen molar-refractivity contribution in [1.82, 2.24) is 0 Å². The molecular weight excluding hydrogens is 302 g/mol. The molecule has 3 N–H and O–H groups in total. The molecule has 5 heteroatoms. The Hall–Kier alpha value is -2.69. The first-order chi connectivity index (χ1) is 11.6. The van der Waals surface area contributed by atoms with Gasteiger partial charge in [-0.05, 0) is 61.7 Å². The van der Waals surface area contributed by atoms with Crippen molar-refractivity contribution in [3.8, 4) is 5.75 Å². The van der Waals surface area contributed by atoms with Gasteiger partial charge in [0, 0.05) is 23.6 Å². The van der Waals surface area contributed by atoms with E-state index in [2.05, 4.69) is 10.2 Å². The summed E-state index contributed by atoms with van der Waals surface area (Å²) >= 11 is 0. The van der Waals surface area contributed by atoms with Gasteiger partial charge in [-0.3, -0.25) is 4.79 Å². The first-order valence-corrected chi connectivity index (χ1v) is 8.19. The predicted molar refractivity (Wildman–Crippen MR) is 97.6 cm³/mol. The first-order valence-electron chi connectivity index (χ1n) is 8.19. The van der Waals surface area contributed by atoms with Gasteiger partial charge in [-0.1, -0.05) is 6.07 Å². The third kappa shape index (κ3) is 3.15. The molecule has 1 heterocycles. The maximum atomic E-state index is 12.6. The zero-order valence-electron chi connectivity index (χ0n) is 14.1. The number of hydrogen-bond acceptors (Lipinski definition) is 4. The van der Waals surface area contributed by atoms with Gasteiger partial charge in [-0.15, -0.1) is 0 Å². The zero-order chi connectivity index (χ0) is 17.1. The van der Waals surface area contributed by atoms with Crippen LogP contribution in [0.1, 0.15) is 18.9 Å². The molecule has 3 rings (SSSR count). The summed E-state index contributed by atoms with van der Waals surface area (Å²) in [5.74, 6) is 0.733. The second-order valence-corrected chi connectivity index (χ2v) is 6.04. The number of ether oxygens (including phenoxy) is 1. The van der Waals surface area contributed by atoms with Crippen LogP contribution in [0.25, 0.3) is 0 Å². The van der Waals surface area contributed by atoms with E-state index >= 15 is 0 Å². The van der Waals surface area contributed by atoms with E-state index < -0.39 is 0 Å². The Kier molecular flexibility index (Phi) is 4.60. The van der Waals surface area contributed by atoms with Crippen LogP contribution in [0.2, 0.25) is 0 Å². The number of nitrogens with zero attached hydrogens (tertiary/aromatic N) is 1. The van der Waals surface area contributed by atoms with E-state index in [9.17, 15) is 4.79 Å². The van der Waals surface area contributed by atoms with E-state index in [0.29, 0.717) is 0 Å². The first kappa shape index (κ1) is 16.2. The summed E-state index contributed by atoms with van der Waals surface area (Å²) < 4.78 is 5.13. The predicted octanol–water partition coefficient (Wildman–Crippen LogP) is 3.06. The van der Waals surface area contributed by atoms with Gasteiger partial charge in [0.1, 0.15) is 11.8 Å². The average molecular weight is 325 g/mol. The van der Waals surface area contributed by atoms with Gasteiger partial charge in [0.25, 0.3) is 0 Å². The second-order valence-electron chi connectivity index (χ2n) is 6.04. The van der Waals surface area contributed by atoms with Crippen molar-refractivity contribution in [2.45, 2.75) is 25.8 Å². The Morgan fingerprint density at radius 2 is 2.00 bits per heavy atom. The van der Waals surface area contributed by atoms with E-state index in [0.717, 1.165) is 47.8 Å². The van der Waals surface area contributed by atoms with Crippen LogP contribution in [0.15, 0.2) is 42.5 Å². The molecular formula is C19H23N3O2. The number of carbonyl (C=O) groups excluding carboxylic acids is 1. The molecule has 1 atom stereocenters. The summed E-state index contributed by atoms with van der Waals surface area (Å²) in [5, 5.41) is 2.97. The lowest BCUT2D eigenvalue weighted by Gasteiger charge is -2.36. The molecule has 1 aliphatic heterocycles. The summed E-state index contributed by atoms with van der Waals surface area (Å²) in [6.45, 7) is 2.78. The summed E-state index contributed by atoms with van der Waals surface area (Å²) in [7, 11) is 1.62. The average Bonchev–Trinajstić information content (AvgIpc) is 2.61. The molecule has 1 amide bonds. The van der Waals surface area contributed by atoms with Crippen molar-refractivity contribution >= 4 is 23.0 Å². The van der Waals surface area contributed by atoms with Crippen molar-refractivity contribution in [2.24, 2.45) is 0 Å². The maximum Gasteiger partial charge on any atom is 0.246 e. The summed E-state index contributed by atoms with van der Waals surface area (Å²) in [5.41, 5.74) is 9.87. The lowest BCUT2D eigenvalue weighted by atomic mass is 9.98. The molecule has 2 aromatic carbocycles. The van der Waals surface area contributed by atoms with Crippen molar-refractivity contribution in [1.29, 1.82) is 0 Å². The molecule has 0 saturated heterocycles. The number of anilines is 3.